The van der Waals surface area contributed by atoms with E-state index >= 15 is 0 Å². The highest BCUT2D eigenvalue weighted by Gasteiger charge is 2.32. The Morgan fingerprint density at radius 2 is 1.77 bits per heavy atom. The summed E-state index contributed by atoms with van der Waals surface area (Å²) in [6.07, 6.45) is 3.58. The standard InChI is InChI=1S/C35H27N3O5S/c1-42-27-9-5-8-25(20-27)33-30-17-14-24-7-2-3-11-29(24)32(30)36-35-37(33)34(39)31(44-35)19-23-6-4-10-28(18-23)43-21-22-12-15-26(16-13-22)38(40)41/h2-13,15-16,18-20,33H,14,17,21H2,1H3/b31-19+/t33-/m0/s1. The minimum Gasteiger partial charge on any atom is -0.497 e. The molecule has 0 radical (unpaired) electrons. The molecule has 0 saturated carbocycles. The van der Waals surface area contributed by atoms with Crippen molar-refractivity contribution >= 4 is 28.8 Å². The van der Waals surface area contributed by atoms with Gasteiger partial charge in [0.2, 0.25) is 0 Å². The van der Waals surface area contributed by atoms with E-state index < -0.39 is 4.92 Å². The Morgan fingerprint density at radius 3 is 2.59 bits per heavy atom. The smallest absolute Gasteiger partial charge is 0.271 e. The minimum atomic E-state index is -0.425. The predicted octanol–water partition coefficient (Wildman–Crippen LogP) is 5.81. The lowest BCUT2D eigenvalue weighted by Crippen LogP contribution is -2.38. The molecule has 0 bridgehead atoms. The van der Waals surface area contributed by atoms with E-state index in [1.165, 1.54) is 29.0 Å². The number of hydrogen-bond donors (Lipinski definition) is 0. The zero-order valence-electron chi connectivity index (χ0n) is 23.8. The van der Waals surface area contributed by atoms with Crippen molar-refractivity contribution in [2.45, 2.75) is 25.5 Å². The monoisotopic (exact) mass is 601 g/mol. The van der Waals surface area contributed by atoms with Gasteiger partial charge in [0, 0.05) is 17.7 Å². The first-order valence-corrected chi connectivity index (χ1v) is 15.0. The van der Waals surface area contributed by atoms with Crippen LogP contribution in [0.3, 0.4) is 0 Å². The lowest BCUT2D eigenvalue weighted by atomic mass is 9.83. The van der Waals surface area contributed by atoms with Gasteiger partial charge in [-0.05, 0) is 83.1 Å². The predicted molar refractivity (Wildman–Crippen MR) is 170 cm³/mol. The molecule has 1 aliphatic carbocycles. The number of fused-ring (bicyclic) bond motifs is 3. The van der Waals surface area contributed by atoms with Gasteiger partial charge < -0.3 is 9.47 Å². The fourth-order valence-electron chi connectivity index (χ4n) is 5.86. The van der Waals surface area contributed by atoms with E-state index in [4.69, 9.17) is 14.5 Å². The molecule has 0 fully saturated rings. The van der Waals surface area contributed by atoms with Crippen molar-refractivity contribution in [2.24, 2.45) is 4.99 Å². The van der Waals surface area contributed by atoms with Gasteiger partial charge in [-0.3, -0.25) is 19.5 Å². The van der Waals surface area contributed by atoms with Crippen LogP contribution in [-0.4, -0.2) is 16.6 Å². The van der Waals surface area contributed by atoms with E-state index in [9.17, 15) is 14.9 Å². The molecule has 0 unspecified atom stereocenters. The van der Waals surface area contributed by atoms with Crippen molar-refractivity contribution in [3.8, 4) is 11.5 Å². The Hall–Kier alpha value is -5.28. The highest BCUT2D eigenvalue weighted by Crippen LogP contribution is 2.41. The molecule has 2 heterocycles. The molecule has 44 heavy (non-hydrogen) atoms. The molecule has 5 aromatic rings. The summed E-state index contributed by atoms with van der Waals surface area (Å²) < 4.78 is 13.9. The van der Waals surface area contributed by atoms with Gasteiger partial charge in [0.15, 0.2) is 4.80 Å². The summed E-state index contributed by atoms with van der Waals surface area (Å²) >= 11 is 1.38. The third-order valence-electron chi connectivity index (χ3n) is 7.99. The van der Waals surface area contributed by atoms with Crippen LogP contribution < -0.4 is 24.4 Å². The molecule has 1 aliphatic heterocycles. The highest BCUT2D eigenvalue weighted by molar-refractivity contribution is 7.07. The topological polar surface area (TPSA) is 96.0 Å². The number of rotatable bonds is 7. The van der Waals surface area contributed by atoms with Gasteiger partial charge >= 0.3 is 0 Å². The van der Waals surface area contributed by atoms with Gasteiger partial charge in [-0.25, -0.2) is 4.99 Å². The van der Waals surface area contributed by atoms with E-state index in [0.29, 0.717) is 15.1 Å². The first kappa shape index (κ1) is 27.5. The Labute approximate surface area is 256 Å². The van der Waals surface area contributed by atoms with Crippen LogP contribution in [0.2, 0.25) is 0 Å². The molecule has 4 aromatic carbocycles. The normalized spacial score (nSPS) is 15.6. The van der Waals surface area contributed by atoms with Crippen molar-refractivity contribution in [3.63, 3.8) is 0 Å². The Bertz CT molecular complexity index is 2130. The summed E-state index contributed by atoms with van der Waals surface area (Å²) in [6, 6.07) is 29.8. The average Bonchev–Trinajstić information content (AvgIpc) is 3.36. The number of thiazole rings is 1. The molecular weight excluding hydrogens is 574 g/mol. The molecule has 0 saturated heterocycles. The summed E-state index contributed by atoms with van der Waals surface area (Å²) in [5.74, 6) is 1.37. The van der Waals surface area contributed by atoms with Crippen LogP contribution in [0.5, 0.6) is 11.5 Å². The zero-order chi connectivity index (χ0) is 30.2. The first-order valence-electron chi connectivity index (χ1n) is 14.2. The van der Waals surface area contributed by atoms with E-state index in [-0.39, 0.29) is 23.9 Å². The van der Waals surface area contributed by atoms with Crippen LogP contribution in [0.25, 0.3) is 11.8 Å². The average molecular weight is 602 g/mol. The lowest BCUT2D eigenvalue weighted by molar-refractivity contribution is -0.384. The summed E-state index contributed by atoms with van der Waals surface area (Å²) in [4.78, 5) is 30.4. The Balaban J connectivity index is 1.27. The van der Waals surface area contributed by atoms with Gasteiger partial charge in [-0.1, -0.05) is 59.9 Å². The maximum atomic E-state index is 14.1. The second kappa shape index (κ2) is 11.4. The minimum absolute atomic E-state index is 0.0379. The SMILES string of the molecule is COc1cccc([C@H]2C3=C(N=c4s/c(=C/c5cccc(OCc6ccc([N+](=O)[O-])cc6)c5)c(=O)n42)c2ccccc2CC3)c1. The number of aromatic nitrogens is 1. The molecule has 1 aromatic heterocycles. The van der Waals surface area contributed by atoms with Crippen LogP contribution in [0, 0.1) is 10.1 Å². The number of nitro groups is 1. The molecule has 9 heteroatoms. The van der Waals surface area contributed by atoms with Crippen LogP contribution in [0.4, 0.5) is 5.69 Å². The van der Waals surface area contributed by atoms with E-state index in [1.807, 2.05) is 65.2 Å². The fourth-order valence-corrected chi connectivity index (χ4v) is 6.86. The van der Waals surface area contributed by atoms with Crippen LogP contribution >= 0.6 is 11.3 Å². The number of ether oxygens (including phenoxy) is 2. The summed E-state index contributed by atoms with van der Waals surface area (Å²) in [5, 5.41) is 10.9. The lowest BCUT2D eigenvalue weighted by Gasteiger charge is -2.31. The van der Waals surface area contributed by atoms with Crippen LogP contribution in [0.1, 0.15) is 40.3 Å². The molecular formula is C35H27N3O5S. The number of hydrogen-bond acceptors (Lipinski definition) is 7. The van der Waals surface area contributed by atoms with Crippen LogP contribution in [-0.2, 0) is 13.0 Å². The number of methoxy groups -OCH3 is 1. The summed E-state index contributed by atoms with van der Waals surface area (Å²) in [5.41, 5.74) is 7.05. The van der Waals surface area contributed by atoms with Crippen LogP contribution in [0.15, 0.2) is 112 Å². The Morgan fingerprint density at radius 1 is 0.977 bits per heavy atom. The molecule has 8 nitrogen and oxygen atoms in total. The van der Waals surface area contributed by atoms with Gasteiger partial charge in [-0.15, -0.1) is 0 Å². The molecule has 0 N–H and O–H groups in total. The highest BCUT2D eigenvalue weighted by atomic mass is 32.1. The zero-order valence-corrected chi connectivity index (χ0v) is 24.6. The quantitative estimate of drug-likeness (QED) is 0.173. The van der Waals surface area contributed by atoms with Gasteiger partial charge in [0.1, 0.15) is 18.1 Å². The molecule has 7 rings (SSSR count). The van der Waals surface area contributed by atoms with Crippen molar-refractivity contribution < 1.29 is 14.4 Å². The number of nitro benzene ring substituents is 1. The largest absolute Gasteiger partial charge is 0.497 e. The number of benzene rings is 4. The van der Waals surface area contributed by atoms with Crippen molar-refractivity contribution in [2.75, 3.05) is 7.11 Å². The molecule has 2 aliphatic rings. The van der Waals surface area contributed by atoms with Crippen molar-refractivity contribution in [1.82, 2.24) is 4.57 Å². The second-order valence-electron chi connectivity index (χ2n) is 10.7. The maximum absolute atomic E-state index is 14.1. The number of aryl methyl sites for hydroxylation is 1. The fraction of sp³-hybridized carbons (Fsp3) is 0.143. The molecule has 1 atom stereocenters. The molecule has 218 valence electrons. The third-order valence-corrected chi connectivity index (χ3v) is 8.97. The van der Waals surface area contributed by atoms with E-state index in [2.05, 4.69) is 18.2 Å². The third kappa shape index (κ3) is 5.11. The van der Waals surface area contributed by atoms with E-state index in [0.717, 1.165) is 52.1 Å². The molecule has 0 amide bonds. The number of nitrogens with zero attached hydrogens (tertiary/aromatic N) is 3. The summed E-state index contributed by atoms with van der Waals surface area (Å²) in [7, 11) is 1.65. The number of allylic oxidation sites excluding steroid dienone is 1. The second-order valence-corrected chi connectivity index (χ2v) is 11.7. The summed E-state index contributed by atoms with van der Waals surface area (Å²) in [6.45, 7) is 0.261. The Kier molecular flexibility index (Phi) is 7.15. The van der Waals surface area contributed by atoms with Gasteiger partial charge in [0.05, 0.1) is 28.3 Å². The van der Waals surface area contributed by atoms with Crippen molar-refractivity contribution in [1.29, 1.82) is 0 Å². The first-order chi connectivity index (χ1) is 21.5. The van der Waals surface area contributed by atoms with Gasteiger partial charge in [0.25, 0.3) is 11.2 Å². The van der Waals surface area contributed by atoms with Gasteiger partial charge in [-0.2, -0.15) is 0 Å². The van der Waals surface area contributed by atoms with E-state index in [1.54, 1.807) is 19.2 Å². The number of non-ortho nitro benzene ring substituents is 1. The van der Waals surface area contributed by atoms with Crippen molar-refractivity contribution in [3.05, 3.63) is 160 Å². The molecule has 0 spiro atoms. The maximum Gasteiger partial charge on any atom is 0.271 e.